The molecule has 2 aromatic heterocycles. The van der Waals surface area contributed by atoms with E-state index in [9.17, 15) is 4.79 Å². The Morgan fingerprint density at radius 3 is 3.00 bits per heavy atom. The monoisotopic (exact) mass is 193 g/mol. The molecule has 0 atom stereocenters. The molecular weight excluding hydrogens is 186 g/mol. The largest absolute Gasteiger partial charge is 0.495 e. The molecule has 0 spiro atoms. The van der Waals surface area contributed by atoms with Crippen molar-refractivity contribution in [3.05, 3.63) is 24.2 Å². The smallest absolute Gasteiger partial charge is 0.375 e. The quantitative estimate of drug-likeness (QED) is 0.748. The van der Waals surface area contributed by atoms with Crippen molar-refractivity contribution in [3.8, 4) is 5.75 Å². The van der Waals surface area contributed by atoms with Gasteiger partial charge in [0.15, 0.2) is 5.65 Å². The molecule has 2 rings (SSSR count). The number of carboxylic acids is 1. The van der Waals surface area contributed by atoms with Crippen LogP contribution in [0, 0.1) is 0 Å². The number of hydrogen-bond donors (Lipinski definition) is 1. The fourth-order valence-corrected chi connectivity index (χ4v) is 1.08. The van der Waals surface area contributed by atoms with Crippen molar-refractivity contribution in [3.63, 3.8) is 0 Å². The lowest BCUT2D eigenvalue weighted by Gasteiger charge is -1.97. The van der Waals surface area contributed by atoms with Crippen LogP contribution in [-0.4, -0.2) is 32.8 Å². The average molecular weight is 193 g/mol. The molecule has 0 amide bonds. The normalized spacial score (nSPS) is 10.4. The molecule has 0 unspecified atom stereocenters. The first kappa shape index (κ1) is 8.49. The SMILES string of the molecule is COc1ccc2nc(C(=O)O)nn2c1. The number of ether oxygens (including phenoxy) is 1. The van der Waals surface area contributed by atoms with E-state index < -0.39 is 5.97 Å². The molecule has 0 fully saturated rings. The number of aromatic nitrogens is 3. The molecule has 0 aromatic carbocycles. The van der Waals surface area contributed by atoms with Gasteiger partial charge in [-0.25, -0.2) is 14.3 Å². The van der Waals surface area contributed by atoms with Crippen molar-refractivity contribution in [1.82, 2.24) is 14.6 Å². The molecule has 0 aliphatic carbocycles. The van der Waals surface area contributed by atoms with Crippen LogP contribution in [0.1, 0.15) is 10.6 Å². The highest BCUT2D eigenvalue weighted by atomic mass is 16.5. The minimum Gasteiger partial charge on any atom is -0.495 e. The first-order chi connectivity index (χ1) is 6.70. The molecule has 6 nitrogen and oxygen atoms in total. The summed E-state index contributed by atoms with van der Waals surface area (Å²) in [6.07, 6.45) is 1.56. The summed E-state index contributed by atoms with van der Waals surface area (Å²) >= 11 is 0. The maximum absolute atomic E-state index is 10.6. The molecule has 2 aromatic rings. The number of methoxy groups -OCH3 is 1. The van der Waals surface area contributed by atoms with Gasteiger partial charge in [-0.1, -0.05) is 0 Å². The van der Waals surface area contributed by atoms with Gasteiger partial charge in [0, 0.05) is 0 Å². The molecule has 0 aliphatic rings. The van der Waals surface area contributed by atoms with Crippen molar-refractivity contribution in [1.29, 1.82) is 0 Å². The van der Waals surface area contributed by atoms with Crippen molar-refractivity contribution < 1.29 is 14.6 Å². The average Bonchev–Trinajstić information content (AvgIpc) is 2.59. The summed E-state index contributed by atoms with van der Waals surface area (Å²) in [4.78, 5) is 14.3. The number of aromatic carboxylic acids is 1. The Bertz CT molecular complexity index is 492. The zero-order valence-corrected chi connectivity index (χ0v) is 7.34. The fourth-order valence-electron chi connectivity index (χ4n) is 1.08. The van der Waals surface area contributed by atoms with E-state index in [0.29, 0.717) is 11.4 Å². The summed E-state index contributed by atoms with van der Waals surface area (Å²) in [6, 6.07) is 3.33. The molecule has 0 bridgehead atoms. The van der Waals surface area contributed by atoms with Crippen molar-refractivity contribution >= 4 is 11.6 Å². The molecule has 0 radical (unpaired) electrons. The van der Waals surface area contributed by atoms with Gasteiger partial charge in [0.05, 0.1) is 13.3 Å². The molecular formula is C8H7N3O3. The van der Waals surface area contributed by atoms with Gasteiger partial charge in [0.2, 0.25) is 0 Å². The molecule has 72 valence electrons. The highest BCUT2D eigenvalue weighted by Crippen LogP contribution is 2.10. The second kappa shape index (κ2) is 2.99. The number of nitrogens with zero attached hydrogens (tertiary/aromatic N) is 3. The van der Waals surface area contributed by atoms with Crippen molar-refractivity contribution in [2.24, 2.45) is 0 Å². The molecule has 0 saturated carbocycles. The standard InChI is InChI=1S/C8H7N3O3/c1-14-5-2-3-6-9-7(8(12)13)10-11(6)4-5/h2-4H,1H3,(H,12,13). The van der Waals surface area contributed by atoms with Crippen LogP contribution in [0.15, 0.2) is 18.3 Å². The maximum atomic E-state index is 10.6. The van der Waals surface area contributed by atoms with Crippen LogP contribution in [-0.2, 0) is 0 Å². The highest BCUT2D eigenvalue weighted by Gasteiger charge is 2.10. The lowest BCUT2D eigenvalue weighted by molar-refractivity contribution is 0.0684. The van der Waals surface area contributed by atoms with E-state index in [4.69, 9.17) is 9.84 Å². The Hall–Kier alpha value is -2.11. The zero-order valence-electron chi connectivity index (χ0n) is 7.34. The van der Waals surface area contributed by atoms with E-state index in [1.807, 2.05) is 0 Å². The predicted molar refractivity (Wildman–Crippen MR) is 46.5 cm³/mol. The predicted octanol–water partition coefficient (Wildman–Crippen LogP) is 0.436. The summed E-state index contributed by atoms with van der Waals surface area (Å²) in [6.45, 7) is 0. The van der Waals surface area contributed by atoms with Gasteiger partial charge in [-0.05, 0) is 12.1 Å². The molecule has 1 N–H and O–H groups in total. The summed E-state index contributed by atoms with van der Waals surface area (Å²) < 4.78 is 6.32. The maximum Gasteiger partial charge on any atom is 0.375 e. The molecule has 2 heterocycles. The van der Waals surface area contributed by atoms with Crippen LogP contribution in [0.3, 0.4) is 0 Å². The first-order valence-corrected chi connectivity index (χ1v) is 3.84. The van der Waals surface area contributed by atoms with E-state index in [-0.39, 0.29) is 5.82 Å². The summed E-state index contributed by atoms with van der Waals surface area (Å²) in [5, 5.41) is 12.4. The molecule has 0 aliphatic heterocycles. The third kappa shape index (κ3) is 1.26. The first-order valence-electron chi connectivity index (χ1n) is 3.84. The lowest BCUT2D eigenvalue weighted by atomic mass is 10.4. The van der Waals surface area contributed by atoms with Crippen LogP contribution < -0.4 is 4.74 Å². The second-order valence-corrected chi connectivity index (χ2v) is 2.61. The van der Waals surface area contributed by atoms with Crippen LogP contribution in [0.4, 0.5) is 0 Å². The lowest BCUT2D eigenvalue weighted by Crippen LogP contribution is -1.99. The third-order valence-corrected chi connectivity index (χ3v) is 1.73. The molecule has 6 heteroatoms. The van der Waals surface area contributed by atoms with Gasteiger partial charge in [-0.2, -0.15) is 0 Å². The van der Waals surface area contributed by atoms with Crippen LogP contribution in [0.25, 0.3) is 5.65 Å². The third-order valence-electron chi connectivity index (χ3n) is 1.73. The van der Waals surface area contributed by atoms with Crippen molar-refractivity contribution in [2.45, 2.75) is 0 Å². The minimum absolute atomic E-state index is 0.224. The topological polar surface area (TPSA) is 76.7 Å². The fraction of sp³-hybridized carbons (Fsp3) is 0.125. The van der Waals surface area contributed by atoms with E-state index in [0.717, 1.165) is 0 Å². The number of carbonyl (C=O) groups is 1. The number of carboxylic acid groups (broad SMARTS) is 1. The number of hydrogen-bond acceptors (Lipinski definition) is 4. The van der Waals surface area contributed by atoms with Gasteiger partial charge in [-0.15, -0.1) is 5.10 Å². The zero-order chi connectivity index (χ0) is 10.1. The van der Waals surface area contributed by atoms with Crippen molar-refractivity contribution in [2.75, 3.05) is 7.11 Å². The van der Waals surface area contributed by atoms with Gasteiger partial charge in [0.1, 0.15) is 5.75 Å². The second-order valence-electron chi connectivity index (χ2n) is 2.61. The van der Waals surface area contributed by atoms with Gasteiger partial charge in [0.25, 0.3) is 5.82 Å². The Morgan fingerprint density at radius 2 is 2.36 bits per heavy atom. The van der Waals surface area contributed by atoms with Gasteiger partial charge in [-0.3, -0.25) is 0 Å². The van der Waals surface area contributed by atoms with E-state index in [1.54, 1.807) is 18.3 Å². The number of fused-ring (bicyclic) bond motifs is 1. The Kier molecular flexibility index (Phi) is 1.81. The number of rotatable bonds is 2. The van der Waals surface area contributed by atoms with Crippen LogP contribution >= 0.6 is 0 Å². The highest BCUT2D eigenvalue weighted by molar-refractivity contribution is 5.83. The summed E-state index contributed by atoms with van der Waals surface area (Å²) in [5.41, 5.74) is 0.475. The van der Waals surface area contributed by atoms with E-state index >= 15 is 0 Å². The summed E-state index contributed by atoms with van der Waals surface area (Å²) in [7, 11) is 1.52. The molecule has 0 saturated heterocycles. The molecule has 14 heavy (non-hydrogen) atoms. The van der Waals surface area contributed by atoms with Crippen LogP contribution in [0.5, 0.6) is 5.75 Å². The summed E-state index contributed by atoms with van der Waals surface area (Å²) in [5.74, 6) is -0.773. The van der Waals surface area contributed by atoms with Crippen LogP contribution in [0.2, 0.25) is 0 Å². The van der Waals surface area contributed by atoms with E-state index in [1.165, 1.54) is 11.6 Å². The Labute approximate surface area is 78.8 Å². The van der Waals surface area contributed by atoms with Gasteiger partial charge < -0.3 is 9.84 Å². The van der Waals surface area contributed by atoms with E-state index in [2.05, 4.69) is 10.1 Å². The van der Waals surface area contributed by atoms with Gasteiger partial charge >= 0.3 is 5.97 Å². The Morgan fingerprint density at radius 1 is 1.57 bits per heavy atom. The Balaban J connectivity index is 2.60. The number of pyridine rings is 1. The minimum atomic E-state index is -1.15.